The summed E-state index contributed by atoms with van der Waals surface area (Å²) in [7, 11) is 1.96. The molecule has 5 aromatic rings. The van der Waals surface area contributed by atoms with Crippen LogP contribution in [0.3, 0.4) is 0 Å². The lowest BCUT2D eigenvalue weighted by Gasteiger charge is -2.22. The van der Waals surface area contributed by atoms with E-state index in [2.05, 4.69) is 58.0 Å². The van der Waals surface area contributed by atoms with Gasteiger partial charge in [0, 0.05) is 13.5 Å². The molecule has 5 nitrogen and oxygen atoms in total. The highest BCUT2D eigenvalue weighted by Crippen LogP contribution is 2.27. The van der Waals surface area contributed by atoms with E-state index in [0.29, 0.717) is 6.42 Å². The zero-order valence-electron chi connectivity index (χ0n) is 20.3. The van der Waals surface area contributed by atoms with Crippen LogP contribution in [-0.4, -0.2) is 25.9 Å². The molecule has 0 saturated heterocycles. The summed E-state index contributed by atoms with van der Waals surface area (Å²) in [6.07, 6.45) is 0.677. The van der Waals surface area contributed by atoms with Gasteiger partial charge in [-0.3, -0.25) is 4.79 Å². The van der Waals surface area contributed by atoms with Crippen molar-refractivity contribution in [3.05, 3.63) is 126 Å². The monoisotopic (exact) mass is 492 g/mol. The number of thioether (sulfide) groups is 1. The molecule has 1 atom stereocenters. The molecule has 0 spiro atoms. The quantitative estimate of drug-likeness (QED) is 0.272. The van der Waals surface area contributed by atoms with Crippen molar-refractivity contribution in [1.82, 2.24) is 20.1 Å². The molecule has 0 bridgehead atoms. The summed E-state index contributed by atoms with van der Waals surface area (Å²) in [4.78, 5) is 13.3. The Morgan fingerprint density at radius 3 is 2.14 bits per heavy atom. The van der Waals surface area contributed by atoms with Crippen LogP contribution < -0.4 is 5.32 Å². The smallest absolute Gasteiger partial charge is 0.234 e. The Bertz CT molecular complexity index is 1420. The number of amides is 1. The second kappa shape index (κ2) is 10.8. The average Bonchev–Trinajstić information content (AvgIpc) is 3.26. The summed E-state index contributed by atoms with van der Waals surface area (Å²) in [6.45, 7) is 1.91. The second-order valence-corrected chi connectivity index (χ2v) is 10.1. The van der Waals surface area contributed by atoms with Gasteiger partial charge in [-0.05, 0) is 34.4 Å². The van der Waals surface area contributed by atoms with Crippen molar-refractivity contribution >= 4 is 28.4 Å². The van der Waals surface area contributed by atoms with Crippen molar-refractivity contribution in [2.75, 3.05) is 0 Å². The van der Waals surface area contributed by atoms with Crippen molar-refractivity contribution in [2.45, 2.75) is 29.8 Å². The first-order valence-electron chi connectivity index (χ1n) is 12.0. The Morgan fingerprint density at radius 1 is 0.833 bits per heavy atom. The minimum atomic E-state index is -0.340. The molecule has 0 saturated carbocycles. The number of nitrogens with one attached hydrogen (secondary N) is 1. The molecule has 0 radical (unpaired) electrons. The van der Waals surface area contributed by atoms with Crippen LogP contribution in [0.25, 0.3) is 10.8 Å². The summed E-state index contributed by atoms with van der Waals surface area (Å²) in [5.41, 5.74) is 3.30. The summed E-state index contributed by atoms with van der Waals surface area (Å²) >= 11 is 1.42. The predicted molar refractivity (Wildman–Crippen MR) is 146 cm³/mol. The van der Waals surface area contributed by atoms with Gasteiger partial charge in [0.05, 0.1) is 11.3 Å². The SMILES string of the molecule is CC(Sc1nnc(Cc2cccc3ccccc23)n1C)C(=O)NC(c1ccccc1)c1ccccc1. The Hall–Kier alpha value is -3.90. The van der Waals surface area contributed by atoms with E-state index in [0.717, 1.165) is 22.1 Å². The number of hydrogen-bond acceptors (Lipinski definition) is 4. The van der Waals surface area contributed by atoms with E-state index in [-0.39, 0.29) is 17.2 Å². The molecule has 1 heterocycles. The van der Waals surface area contributed by atoms with Gasteiger partial charge in [0.15, 0.2) is 5.16 Å². The van der Waals surface area contributed by atoms with Gasteiger partial charge in [0.1, 0.15) is 5.82 Å². The first-order valence-corrected chi connectivity index (χ1v) is 12.9. The summed E-state index contributed by atoms with van der Waals surface area (Å²) in [5.74, 6) is 0.823. The van der Waals surface area contributed by atoms with E-state index in [1.807, 2.05) is 79.2 Å². The number of carbonyl (C=O) groups excluding carboxylic acids is 1. The van der Waals surface area contributed by atoms with Crippen molar-refractivity contribution < 1.29 is 4.79 Å². The number of carbonyl (C=O) groups is 1. The van der Waals surface area contributed by atoms with E-state index >= 15 is 0 Å². The standard InChI is InChI=1S/C30H28N4OS/c1-21(29(35)31-28(23-13-5-3-6-14-23)24-15-7-4-8-16-24)36-30-33-32-27(34(30)2)20-25-18-11-17-22-12-9-10-19-26(22)25/h3-19,21,28H,20H2,1-2H3,(H,31,35). The van der Waals surface area contributed by atoms with Crippen LogP contribution in [0.1, 0.15) is 35.5 Å². The average molecular weight is 493 g/mol. The highest BCUT2D eigenvalue weighted by Gasteiger charge is 2.23. The van der Waals surface area contributed by atoms with Crippen LogP contribution in [0.5, 0.6) is 0 Å². The molecule has 1 unspecified atom stereocenters. The van der Waals surface area contributed by atoms with E-state index in [1.165, 1.54) is 28.1 Å². The van der Waals surface area contributed by atoms with Gasteiger partial charge in [-0.25, -0.2) is 0 Å². The van der Waals surface area contributed by atoms with E-state index in [4.69, 9.17) is 0 Å². The highest BCUT2D eigenvalue weighted by molar-refractivity contribution is 8.00. The zero-order chi connectivity index (χ0) is 24.9. The molecule has 180 valence electrons. The van der Waals surface area contributed by atoms with E-state index in [1.54, 1.807) is 0 Å². The number of benzene rings is 4. The number of hydrogen-bond donors (Lipinski definition) is 1. The maximum absolute atomic E-state index is 13.3. The first kappa shape index (κ1) is 23.8. The maximum atomic E-state index is 13.3. The topological polar surface area (TPSA) is 59.8 Å². The minimum Gasteiger partial charge on any atom is -0.344 e. The predicted octanol–water partition coefficient (Wildman–Crippen LogP) is 5.95. The number of fused-ring (bicyclic) bond motifs is 1. The molecule has 36 heavy (non-hydrogen) atoms. The van der Waals surface area contributed by atoms with Gasteiger partial charge in [-0.2, -0.15) is 0 Å². The van der Waals surface area contributed by atoms with Gasteiger partial charge in [0.25, 0.3) is 0 Å². The summed E-state index contributed by atoms with van der Waals surface area (Å²) < 4.78 is 1.99. The van der Waals surface area contributed by atoms with Crippen LogP contribution in [-0.2, 0) is 18.3 Å². The minimum absolute atomic E-state index is 0.0451. The molecule has 6 heteroatoms. The Labute approximate surface area is 215 Å². The fraction of sp³-hybridized carbons (Fsp3) is 0.167. The Kier molecular flexibility index (Phi) is 7.14. The lowest BCUT2D eigenvalue weighted by molar-refractivity contribution is -0.120. The van der Waals surface area contributed by atoms with Crippen LogP contribution >= 0.6 is 11.8 Å². The number of nitrogens with zero attached hydrogens (tertiary/aromatic N) is 3. The molecule has 5 rings (SSSR count). The molecule has 0 aliphatic heterocycles. The van der Waals surface area contributed by atoms with Gasteiger partial charge >= 0.3 is 0 Å². The van der Waals surface area contributed by atoms with Crippen molar-refractivity contribution in [3.63, 3.8) is 0 Å². The highest BCUT2D eigenvalue weighted by atomic mass is 32.2. The normalized spacial score (nSPS) is 12.1. The fourth-order valence-electron chi connectivity index (χ4n) is 4.34. The van der Waals surface area contributed by atoms with Gasteiger partial charge < -0.3 is 9.88 Å². The van der Waals surface area contributed by atoms with Crippen LogP contribution in [0.2, 0.25) is 0 Å². The Balaban J connectivity index is 1.31. The lowest BCUT2D eigenvalue weighted by atomic mass is 9.98. The third kappa shape index (κ3) is 5.19. The van der Waals surface area contributed by atoms with Gasteiger partial charge in [-0.1, -0.05) is 115 Å². The maximum Gasteiger partial charge on any atom is 0.234 e. The first-order chi connectivity index (χ1) is 17.6. The molecule has 0 aliphatic carbocycles. The largest absolute Gasteiger partial charge is 0.344 e. The molecule has 1 aromatic heterocycles. The molecule has 0 fully saturated rings. The molecular weight excluding hydrogens is 464 g/mol. The van der Waals surface area contributed by atoms with Crippen LogP contribution in [0, 0.1) is 0 Å². The third-order valence-electron chi connectivity index (χ3n) is 6.36. The molecule has 1 amide bonds. The van der Waals surface area contributed by atoms with Crippen molar-refractivity contribution in [2.24, 2.45) is 7.05 Å². The van der Waals surface area contributed by atoms with Gasteiger partial charge in [0.2, 0.25) is 5.91 Å². The fourth-order valence-corrected chi connectivity index (χ4v) is 5.18. The van der Waals surface area contributed by atoms with E-state index in [9.17, 15) is 4.79 Å². The molecule has 4 aromatic carbocycles. The second-order valence-electron chi connectivity index (χ2n) is 8.80. The van der Waals surface area contributed by atoms with E-state index < -0.39 is 0 Å². The molecular formula is C30H28N4OS. The number of rotatable bonds is 8. The van der Waals surface area contributed by atoms with Gasteiger partial charge in [-0.15, -0.1) is 10.2 Å². The lowest BCUT2D eigenvalue weighted by Crippen LogP contribution is -2.35. The zero-order valence-corrected chi connectivity index (χ0v) is 21.2. The summed E-state index contributed by atoms with van der Waals surface area (Å²) in [5, 5.41) is 14.9. The Morgan fingerprint density at radius 2 is 1.44 bits per heavy atom. The van der Waals surface area contributed by atoms with Crippen molar-refractivity contribution in [1.29, 1.82) is 0 Å². The summed E-state index contributed by atoms with van der Waals surface area (Å²) in [6, 6.07) is 34.6. The molecule has 0 aliphatic rings. The molecule has 1 N–H and O–H groups in total. The number of aromatic nitrogens is 3. The third-order valence-corrected chi connectivity index (χ3v) is 7.49. The van der Waals surface area contributed by atoms with Crippen molar-refractivity contribution in [3.8, 4) is 0 Å². The van der Waals surface area contributed by atoms with Crippen LogP contribution in [0.4, 0.5) is 0 Å². The van der Waals surface area contributed by atoms with Crippen LogP contribution in [0.15, 0.2) is 108 Å².